The van der Waals surface area contributed by atoms with Gasteiger partial charge in [0, 0.05) is 19.3 Å². The van der Waals surface area contributed by atoms with Gasteiger partial charge in [-0.15, -0.1) is 0 Å². The summed E-state index contributed by atoms with van der Waals surface area (Å²) in [5.74, 6) is -0.951. The van der Waals surface area contributed by atoms with Gasteiger partial charge in [0.2, 0.25) is 0 Å². The van der Waals surface area contributed by atoms with Gasteiger partial charge in [0.15, 0.2) is 6.10 Å². The average molecular weight is 821 g/mol. The van der Waals surface area contributed by atoms with E-state index in [4.69, 9.17) is 14.2 Å². The van der Waals surface area contributed by atoms with Crippen LogP contribution in [-0.4, -0.2) is 37.2 Å². The maximum Gasteiger partial charge on any atom is 0.306 e. The summed E-state index contributed by atoms with van der Waals surface area (Å²) < 4.78 is 16.7. The van der Waals surface area contributed by atoms with E-state index in [1.165, 1.54) is 44.9 Å². The van der Waals surface area contributed by atoms with E-state index in [1.54, 1.807) is 0 Å². The van der Waals surface area contributed by atoms with Gasteiger partial charge in [-0.2, -0.15) is 0 Å². The Morgan fingerprint density at radius 2 is 0.712 bits per heavy atom. The van der Waals surface area contributed by atoms with E-state index in [0.717, 1.165) is 128 Å². The van der Waals surface area contributed by atoms with Crippen LogP contribution in [0.25, 0.3) is 0 Å². The summed E-state index contributed by atoms with van der Waals surface area (Å²) in [6, 6.07) is 0. The van der Waals surface area contributed by atoms with Crippen molar-refractivity contribution in [2.24, 2.45) is 0 Å². The lowest BCUT2D eigenvalue weighted by Crippen LogP contribution is -2.30. The Morgan fingerprint density at radius 1 is 0.373 bits per heavy atom. The maximum absolute atomic E-state index is 12.7. The van der Waals surface area contributed by atoms with E-state index in [-0.39, 0.29) is 31.1 Å². The normalized spacial score (nSPS) is 12.8. The molecule has 336 valence electrons. The summed E-state index contributed by atoms with van der Waals surface area (Å²) in [5, 5.41) is 0. The summed E-state index contributed by atoms with van der Waals surface area (Å²) in [6.45, 7) is 6.33. The number of carbonyl (C=O) groups is 3. The monoisotopic (exact) mass is 821 g/mol. The third-order valence-electron chi connectivity index (χ3n) is 9.89. The van der Waals surface area contributed by atoms with Crippen LogP contribution in [0.3, 0.4) is 0 Å². The fourth-order valence-corrected chi connectivity index (χ4v) is 6.31. The minimum absolute atomic E-state index is 0.0976. The molecule has 1 unspecified atom stereocenters. The highest BCUT2D eigenvalue weighted by molar-refractivity contribution is 5.71. The molecular formula is C53H88O6. The second-order valence-corrected chi connectivity index (χ2v) is 15.6. The smallest absolute Gasteiger partial charge is 0.306 e. The van der Waals surface area contributed by atoms with E-state index >= 15 is 0 Å². The SMILES string of the molecule is CC/C=C\C/C=C\C/C=C\CCCCCCC(=O)OC(COC(=O)CCCCCCC/C=C\C/C=C\CC)COC(=O)CCCCCCCC/C=C\C=C/CCCCC. The zero-order valence-electron chi connectivity index (χ0n) is 38.2. The van der Waals surface area contributed by atoms with Crippen LogP contribution >= 0.6 is 0 Å². The van der Waals surface area contributed by atoms with Gasteiger partial charge in [-0.1, -0.05) is 176 Å². The van der Waals surface area contributed by atoms with Crippen LogP contribution in [0, 0.1) is 0 Å². The van der Waals surface area contributed by atoms with Crippen molar-refractivity contribution in [3.8, 4) is 0 Å². The van der Waals surface area contributed by atoms with Crippen molar-refractivity contribution in [3.63, 3.8) is 0 Å². The van der Waals surface area contributed by atoms with Gasteiger partial charge in [-0.05, 0) is 103 Å². The first-order chi connectivity index (χ1) is 29.0. The first-order valence-corrected chi connectivity index (χ1v) is 24.1. The molecule has 59 heavy (non-hydrogen) atoms. The number of esters is 3. The molecule has 0 aliphatic heterocycles. The van der Waals surface area contributed by atoms with Crippen LogP contribution in [0.4, 0.5) is 0 Å². The third-order valence-corrected chi connectivity index (χ3v) is 9.89. The largest absolute Gasteiger partial charge is 0.462 e. The van der Waals surface area contributed by atoms with Gasteiger partial charge in [0.25, 0.3) is 0 Å². The van der Waals surface area contributed by atoms with E-state index in [2.05, 4.69) is 106 Å². The molecule has 0 saturated carbocycles. The van der Waals surface area contributed by atoms with Crippen molar-refractivity contribution in [1.29, 1.82) is 0 Å². The Balaban J connectivity index is 4.47. The second-order valence-electron chi connectivity index (χ2n) is 15.6. The lowest BCUT2D eigenvalue weighted by molar-refractivity contribution is -0.167. The fraction of sp³-hybridized carbons (Fsp3) is 0.679. The topological polar surface area (TPSA) is 78.9 Å². The number of hydrogen-bond donors (Lipinski definition) is 0. The number of ether oxygens (including phenoxy) is 3. The third kappa shape index (κ3) is 45.5. The minimum atomic E-state index is -0.798. The number of allylic oxidation sites excluding steroid dienone is 14. The molecular weight excluding hydrogens is 733 g/mol. The summed E-state index contributed by atoms with van der Waals surface area (Å²) in [4.78, 5) is 37.9. The highest BCUT2D eigenvalue weighted by Crippen LogP contribution is 2.13. The quantitative estimate of drug-likeness (QED) is 0.0201. The molecule has 0 fully saturated rings. The summed E-state index contributed by atoms with van der Waals surface area (Å²) in [6.07, 6.45) is 59.9. The Hall–Kier alpha value is -3.41. The fourth-order valence-electron chi connectivity index (χ4n) is 6.31. The van der Waals surface area contributed by atoms with Crippen LogP contribution in [0.5, 0.6) is 0 Å². The molecule has 0 aromatic heterocycles. The van der Waals surface area contributed by atoms with Crippen molar-refractivity contribution in [2.75, 3.05) is 13.2 Å². The molecule has 6 heteroatoms. The van der Waals surface area contributed by atoms with Crippen LogP contribution < -0.4 is 0 Å². The van der Waals surface area contributed by atoms with Crippen LogP contribution in [0.1, 0.15) is 213 Å². The number of carbonyl (C=O) groups excluding carboxylic acids is 3. The molecule has 0 amide bonds. The van der Waals surface area contributed by atoms with Crippen LogP contribution in [0.2, 0.25) is 0 Å². The highest BCUT2D eigenvalue weighted by Gasteiger charge is 2.19. The number of rotatable bonds is 42. The predicted molar refractivity (Wildman–Crippen MR) is 251 cm³/mol. The van der Waals surface area contributed by atoms with Crippen molar-refractivity contribution in [3.05, 3.63) is 85.1 Å². The van der Waals surface area contributed by atoms with Crippen molar-refractivity contribution in [1.82, 2.24) is 0 Å². The number of hydrogen-bond acceptors (Lipinski definition) is 6. The number of unbranched alkanes of at least 4 members (excludes halogenated alkanes) is 18. The van der Waals surface area contributed by atoms with E-state index in [0.29, 0.717) is 19.3 Å². The first-order valence-electron chi connectivity index (χ1n) is 24.1. The Kier molecular flexibility index (Phi) is 44.5. The predicted octanol–water partition coefficient (Wildman–Crippen LogP) is 15.6. The zero-order valence-corrected chi connectivity index (χ0v) is 38.2. The Labute approximate surface area is 363 Å². The van der Waals surface area contributed by atoms with Gasteiger partial charge in [-0.25, -0.2) is 0 Å². The summed E-state index contributed by atoms with van der Waals surface area (Å²) in [5.41, 5.74) is 0. The Bertz CT molecular complexity index is 1170. The van der Waals surface area contributed by atoms with Gasteiger partial charge < -0.3 is 14.2 Å². The average Bonchev–Trinajstić information content (AvgIpc) is 3.23. The summed E-state index contributed by atoms with van der Waals surface area (Å²) >= 11 is 0. The zero-order chi connectivity index (χ0) is 43.0. The van der Waals surface area contributed by atoms with Crippen LogP contribution in [0.15, 0.2) is 85.1 Å². The van der Waals surface area contributed by atoms with Gasteiger partial charge in [-0.3, -0.25) is 14.4 Å². The molecule has 6 nitrogen and oxygen atoms in total. The molecule has 0 spiro atoms. The molecule has 0 aliphatic rings. The molecule has 0 bridgehead atoms. The van der Waals surface area contributed by atoms with Gasteiger partial charge in [0.05, 0.1) is 0 Å². The minimum Gasteiger partial charge on any atom is -0.462 e. The molecule has 0 saturated heterocycles. The standard InChI is InChI=1S/C53H88O6/c1-4-7-10-13-16-19-22-25-27-29-31-34-37-40-43-46-52(55)58-49-50(48-57-51(54)45-42-39-36-33-30-24-21-18-15-12-9-6-3)59-53(56)47-44-41-38-35-32-28-26-23-20-17-14-11-8-5-2/h8-9,11-12,16-22,25-26,28,50H,4-7,10,13-15,23-24,27,29-49H2,1-3H3/b11-8-,12-9-,19-16-,20-17-,21-18-,25-22-,28-26-. The summed E-state index contributed by atoms with van der Waals surface area (Å²) in [7, 11) is 0. The van der Waals surface area contributed by atoms with Crippen LogP contribution in [-0.2, 0) is 28.6 Å². The van der Waals surface area contributed by atoms with E-state index in [1.807, 2.05) is 0 Å². The van der Waals surface area contributed by atoms with E-state index in [9.17, 15) is 14.4 Å². The molecule has 0 radical (unpaired) electrons. The van der Waals surface area contributed by atoms with E-state index < -0.39 is 6.10 Å². The second kappa shape index (κ2) is 47.3. The van der Waals surface area contributed by atoms with Crippen molar-refractivity contribution >= 4 is 17.9 Å². The van der Waals surface area contributed by atoms with Gasteiger partial charge in [0.1, 0.15) is 13.2 Å². The first kappa shape index (κ1) is 55.6. The molecule has 0 aromatic carbocycles. The lowest BCUT2D eigenvalue weighted by atomic mass is 10.1. The Morgan fingerprint density at radius 3 is 1.14 bits per heavy atom. The molecule has 1 atom stereocenters. The molecule has 0 heterocycles. The molecule has 0 aliphatic carbocycles. The molecule has 0 aromatic rings. The lowest BCUT2D eigenvalue weighted by Gasteiger charge is -2.18. The highest BCUT2D eigenvalue weighted by atomic mass is 16.6. The maximum atomic E-state index is 12.7. The molecule has 0 rings (SSSR count). The van der Waals surface area contributed by atoms with Crippen molar-refractivity contribution in [2.45, 2.75) is 219 Å². The molecule has 0 N–H and O–H groups in total. The van der Waals surface area contributed by atoms with Crippen molar-refractivity contribution < 1.29 is 28.6 Å². The van der Waals surface area contributed by atoms with Gasteiger partial charge >= 0.3 is 17.9 Å².